The van der Waals surface area contributed by atoms with Crippen LogP contribution < -0.4 is 5.32 Å². The topological polar surface area (TPSA) is 104 Å². The van der Waals surface area contributed by atoms with Crippen LogP contribution in [0.3, 0.4) is 0 Å². The van der Waals surface area contributed by atoms with Gasteiger partial charge in [-0.2, -0.15) is 18.3 Å². The molecular weight excluding hydrogens is 477 g/mol. The first-order chi connectivity index (χ1) is 17.1. The Labute approximate surface area is 203 Å². The van der Waals surface area contributed by atoms with Crippen LogP contribution in [0.15, 0.2) is 67.3 Å². The van der Waals surface area contributed by atoms with Crippen molar-refractivity contribution in [2.24, 2.45) is 7.05 Å². The van der Waals surface area contributed by atoms with E-state index in [0.29, 0.717) is 17.7 Å². The summed E-state index contributed by atoms with van der Waals surface area (Å²) in [6, 6.07) is 10.7. The normalized spacial score (nSPS) is 12.2. The van der Waals surface area contributed by atoms with Gasteiger partial charge in [0.25, 0.3) is 5.91 Å². The number of ether oxygens (including phenoxy) is 1. The SMILES string of the molecule is Cc1c(C(=O)OCC(=O)NC(c2ccccc2)c2nccn2C)cnn1-c1ccc(C(F)(F)F)cn1. The van der Waals surface area contributed by atoms with E-state index in [1.54, 1.807) is 24.0 Å². The highest BCUT2D eigenvalue weighted by Gasteiger charge is 2.31. The molecule has 1 atom stereocenters. The van der Waals surface area contributed by atoms with Crippen molar-refractivity contribution >= 4 is 11.9 Å². The molecule has 0 saturated carbocycles. The second-order valence-electron chi connectivity index (χ2n) is 7.84. The van der Waals surface area contributed by atoms with Gasteiger partial charge in [-0.3, -0.25) is 4.79 Å². The summed E-state index contributed by atoms with van der Waals surface area (Å²) in [5, 5.41) is 6.84. The summed E-state index contributed by atoms with van der Waals surface area (Å²) in [7, 11) is 1.80. The average molecular weight is 498 g/mol. The van der Waals surface area contributed by atoms with Crippen molar-refractivity contribution in [2.45, 2.75) is 19.1 Å². The van der Waals surface area contributed by atoms with Crippen molar-refractivity contribution in [3.63, 3.8) is 0 Å². The number of rotatable bonds is 7. The molecular formula is C24H21F3N6O3. The van der Waals surface area contributed by atoms with Crippen LogP contribution in [0.1, 0.15) is 39.0 Å². The summed E-state index contributed by atoms with van der Waals surface area (Å²) >= 11 is 0. The molecule has 0 spiro atoms. The smallest absolute Gasteiger partial charge is 0.417 e. The van der Waals surface area contributed by atoms with E-state index in [1.807, 2.05) is 30.3 Å². The maximum Gasteiger partial charge on any atom is 0.417 e. The van der Waals surface area contributed by atoms with E-state index >= 15 is 0 Å². The van der Waals surface area contributed by atoms with Crippen LogP contribution in [0.5, 0.6) is 0 Å². The molecule has 186 valence electrons. The third-order valence-corrected chi connectivity index (χ3v) is 5.41. The summed E-state index contributed by atoms with van der Waals surface area (Å²) in [5.74, 6) is -0.663. The zero-order valence-corrected chi connectivity index (χ0v) is 19.2. The van der Waals surface area contributed by atoms with Gasteiger partial charge < -0.3 is 14.6 Å². The van der Waals surface area contributed by atoms with Crippen molar-refractivity contribution in [3.05, 3.63) is 95.5 Å². The number of alkyl halides is 3. The molecule has 0 radical (unpaired) electrons. The lowest BCUT2D eigenvalue weighted by molar-refractivity contribution is -0.137. The van der Waals surface area contributed by atoms with Gasteiger partial charge in [0.1, 0.15) is 17.4 Å². The van der Waals surface area contributed by atoms with Gasteiger partial charge in [0.05, 0.1) is 17.5 Å². The van der Waals surface area contributed by atoms with Crippen molar-refractivity contribution in [1.29, 1.82) is 0 Å². The van der Waals surface area contributed by atoms with E-state index in [-0.39, 0.29) is 11.4 Å². The number of hydrogen-bond donors (Lipinski definition) is 1. The molecule has 0 aliphatic heterocycles. The molecule has 36 heavy (non-hydrogen) atoms. The molecule has 9 nitrogen and oxygen atoms in total. The maximum atomic E-state index is 12.8. The molecule has 0 saturated heterocycles. The molecule has 1 N–H and O–H groups in total. The summed E-state index contributed by atoms with van der Waals surface area (Å²) in [4.78, 5) is 33.3. The average Bonchev–Trinajstić information content (AvgIpc) is 3.46. The molecule has 4 aromatic rings. The molecule has 4 rings (SSSR count). The highest BCUT2D eigenvalue weighted by molar-refractivity contribution is 5.92. The van der Waals surface area contributed by atoms with E-state index in [9.17, 15) is 22.8 Å². The van der Waals surface area contributed by atoms with E-state index in [0.717, 1.165) is 17.7 Å². The Morgan fingerprint density at radius 2 is 1.83 bits per heavy atom. The van der Waals surface area contributed by atoms with Gasteiger partial charge >= 0.3 is 12.1 Å². The van der Waals surface area contributed by atoms with Gasteiger partial charge in [0, 0.05) is 25.6 Å². The number of pyridine rings is 1. The Morgan fingerprint density at radius 1 is 1.08 bits per heavy atom. The van der Waals surface area contributed by atoms with Gasteiger partial charge in [0.15, 0.2) is 12.4 Å². The highest BCUT2D eigenvalue weighted by Crippen LogP contribution is 2.29. The predicted octanol–water partition coefficient (Wildman–Crippen LogP) is 3.39. The largest absolute Gasteiger partial charge is 0.452 e. The number of aromatic nitrogens is 5. The first-order valence-electron chi connectivity index (χ1n) is 10.7. The Hall–Kier alpha value is -4.48. The van der Waals surface area contributed by atoms with E-state index < -0.39 is 36.3 Å². The zero-order valence-electron chi connectivity index (χ0n) is 19.2. The predicted molar refractivity (Wildman–Crippen MR) is 121 cm³/mol. The molecule has 0 aliphatic carbocycles. The highest BCUT2D eigenvalue weighted by atomic mass is 19.4. The van der Waals surface area contributed by atoms with Crippen molar-refractivity contribution in [2.75, 3.05) is 6.61 Å². The Kier molecular flexibility index (Phi) is 6.86. The van der Waals surface area contributed by atoms with Crippen molar-refractivity contribution in [1.82, 2.24) is 29.6 Å². The number of carbonyl (C=O) groups excluding carboxylic acids is 2. The number of nitrogens with zero attached hydrogens (tertiary/aromatic N) is 5. The molecule has 0 fully saturated rings. The molecule has 1 aromatic carbocycles. The summed E-state index contributed by atoms with van der Waals surface area (Å²) in [6.45, 7) is 0.977. The summed E-state index contributed by atoms with van der Waals surface area (Å²) < 4.78 is 46.5. The van der Waals surface area contributed by atoms with Gasteiger partial charge in [-0.05, 0) is 24.6 Å². The van der Waals surface area contributed by atoms with Crippen LogP contribution in [-0.4, -0.2) is 42.8 Å². The zero-order chi connectivity index (χ0) is 25.9. The fourth-order valence-corrected chi connectivity index (χ4v) is 3.53. The Morgan fingerprint density at radius 3 is 2.44 bits per heavy atom. The fourth-order valence-electron chi connectivity index (χ4n) is 3.53. The van der Waals surface area contributed by atoms with Crippen LogP contribution >= 0.6 is 0 Å². The standard InChI is InChI=1S/C24H21F3N6O3/c1-15-18(13-30-33(15)19-9-8-17(12-29-19)24(25,26)27)23(35)36-14-20(34)31-21(16-6-4-3-5-7-16)22-28-10-11-32(22)2/h3-13,21H,14H2,1-2H3,(H,31,34). The number of hydrogen-bond acceptors (Lipinski definition) is 6. The molecule has 1 amide bonds. The van der Waals surface area contributed by atoms with Crippen LogP contribution in [0.4, 0.5) is 13.2 Å². The third-order valence-electron chi connectivity index (χ3n) is 5.41. The van der Waals surface area contributed by atoms with Gasteiger partial charge in [0.2, 0.25) is 0 Å². The lowest BCUT2D eigenvalue weighted by Gasteiger charge is -2.19. The first-order valence-corrected chi connectivity index (χ1v) is 10.7. The minimum atomic E-state index is -4.52. The lowest BCUT2D eigenvalue weighted by Crippen LogP contribution is -2.34. The Balaban J connectivity index is 1.43. The van der Waals surface area contributed by atoms with Crippen molar-refractivity contribution in [3.8, 4) is 5.82 Å². The van der Waals surface area contributed by atoms with E-state index in [1.165, 1.54) is 17.8 Å². The van der Waals surface area contributed by atoms with E-state index in [4.69, 9.17) is 4.74 Å². The number of carbonyl (C=O) groups is 2. The van der Waals surface area contributed by atoms with Gasteiger partial charge in [-0.25, -0.2) is 19.4 Å². The third kappa shape index (κ3) is 5.27. The van der Waals surface area contributed by atoms with Crippen LogP contribution in [0.25, 0.3) is 5.82 Å². The van der Waals surface area contributed by atoms with Crippen LogP contribution in [-0.2, 0) is 22.8 Å². The van der Waals surface area contributed by atoms with E-state index in [2.05, 4.69) is 20.4 Å². The summed E-state index contributed by atoms with van der Waals surface area (Å²) in [6.07, 6.45) is 0.738. The second kappa shape index (κ2) is 10.0. The number of benzene rings is 1. The minimum Gasteiger partial charge on any atom is -0.452 e. The number of imidazole rings is 1. The first kappa shape index (κ1) is 24.6. The monoisotopic (exact) mass is 498 g/mol. The van der Waals surface area contributed by atoms with Crippen LogP contribution in [0, 0.1) is 6.92 Å². The molecule has 3 aromatic heterocycles. The quantitative estimate of drug-likeness (QED) is 0.392. The fraction of sp³-hybridized carbons (Fsp3) is 0.208. The van der Waals surface area contributed by atoms with Crippen LogP contribution in [0.2, 0.25) is 0 Å². The maximum absolute atomic E-state index is 12.8. The molecule has 3 heterocycles. The number of aryl methyl sites for hydroxylation is 1. The lowest BCUT2D eigenvalue weighted by atomic mass is 10.1. The Bertz CT molecular complexity index is 1360. The second-order valence-corrected chi connectivity index (χ2v) is 7.84. The number of amides is 1. The molecule has 0 bridgehead atoms. The molecule has 0 aliphatic rings. The van der Waals surface area contributed by atoms with Gasteiger partial charge in [-0.1, -0.05) is 30.3 Å². The number of esters is 1. The number of halogens is 3. The molecule has 12 heteroatoms. The minimum absolute atomic E-state index is 0.0493. The summed E-state index contributed by atoms with van der Waals surface area (Å²) in [5.41, 5.74) is 0.241. The van der Waals surface area contributed by atoms with Crippen molar-refractivity contribution < 1.29 is 27.5 Å². The number of nitrogens with one attached hydrogen (secondary N) is 1. The molecule has 1 unspecified atom stereocenters. The van der Waals surface area contributed by atoms with Gasteiger partial charge in [-0.15, -0.1) is 0 Å².